The van der Waals surface area contributed by atoms with Gasteiger partial charge in [0.05, 0.1) is 0 Å². The molecule has 22 heavy (non-hydrogen) atoms. The van der Waals surface area contributed by atoms with E-state index in [0.717, 1.165) is 35.1 Å². The molecule has 2 aromatic carbocycles. The largest absolute Gasteiger partial charge is 0.207 e. The monoisotopic (exact) mass is 292 g/mol. The van der Waals surface area contributed by atoms with Crippen molar-refractivity contribution >= 4 is 5.57 Å². The van der Waals surface area contributed by atoms with Gasteiger partial charge in [0.2, 0.25) is 0 Å². The number of hydrogen-bond donors (Lipinski definition) is 0. The Bertz CT molecular complexity index is 717. The van der Waals surface area contributed by atoms with Crippen LogP contribution in [0.15, 0.2) is 72.5 Å². The lowest BCUT2D eigenvalue weighted by molar-refractivity contribution is 0.626. The van der Waals surface area contributed by atoms with E-state index >= 15 is 0 Å². The molecule has 0 radical (unpaired) electrons. The predicted octanol–water partition coefficient (Wildman–Crippen LogP) is 6.08. The molecule has 0 N–H and O–H groups in total. The van der Waals surface area contributed by atoms with Gasteiger partial charge in [0, 0.05) is 0 Å². The summed E-state index contributed by atoms with van der Waals surface area (Å²) in [4.78, 5) is 0. The van der Waals surface area contributed by atoms with Gasteiger partial charge in [-0.25, -0.2) is 4.39 Å². The van der Waals surface area contributed by atoms with Gasteiger partial charge < -0.3 is 0 Å². The molecule has 0 amide bonds. The highest BCUT2D eigenvalue weighted by atomic mass is 19.1. The van der Waals surface area contributed by atoms with Gasteiger partial charge in [0.1, 0.15) is 5.82 Å². The fraction of sp³-hybridized carbons (Fsp3) is 0.190. The van der Waals surface area contributed by atoms with Crippen molar-refractivity contribution in [1.82, 2.24) is 0 Å². The molecule has 0 heterocycles. The minimum Gasteiger partial charge on any atom is -0.207 e. The number of benzene rings is 2. The molecule has 0 aliphatic carbocycles. The summed E-state index contributed by atoms with van der Waals surface area (Å²) in [6.07, 6.45) is 3.91. The van der Waals surface area contributed by atoms with E-state index in [2.05, 4.69) is 31.4 Å². The van der Waals surface area contributed by atoms with Crippen LogP contribution >= 0.6 is 0 Å². The predicted molar refractivity (Wildman–Crippen MR) is 92.2 cm³/mol. The van der Waals surface area contributed by atoms with Crippen molar-refractivity contribution < 1.29 is 4.39 Å². The van der Waals surface area contributed by atoms with E-state index < -0.39 is 0 Å². The zero-order valence-corrected chi connectivity index (χ0v) is 13.2. The maximum atomic E-state index is 13.5. The van der Waals surface area contributed by atoms with Gasteiger partial charge in [-0.15, -0.1) is 5.73 Å². The van der Waals surface area contributed by atoms with E-state index in [1.807, 2.05) is 37.3 Å². The fourth-order valence-corrected chi connectivity index (χ4v) is 2.69. The van der Waals surface area contributed by atoms with Crippen LogP contribution in [0, 0.1) is 12.7 Å². The highest BCUT2D eigenvalue weighted by molar-refractivity contribution is 5.84. The second kappa shape index (κ2) is 7.59. The van der Waals surface area contributed by atoms with Gasteiger partial charge in [-0.3, -0.25) is 0 Å². The molecule has 0 saturated heterocycles. The Morgan fingerprint density at radius 1 is 1.18 bits per heavy atom. The third kappa shape index (κ3) is 3.63. The highest BCUT2D eigenvalue weighted by Crippen LogP contribution is 2.32. The molecule has 0 saturated carbocycles. The van der Waals surface area contributed by atoms with Crippen molar-refractivity contribution in [3.63, 3.8) is 0 Å². The molecule has 112 valence electrons. The lowest BCUT2D eigenvalue weighted by Crippen LogP contribution is -1.97. The van der Waals surface area contributed by atoms with Crippen molar-refractivity contribution in [2.75, 3.05) is 0 Å². The van der Waals surface area contributed by atoms with E-state index in [0.29, 0.717) is 0 Å². The van der Waals surface area contributed by atoms with Crippen molar-refractivity contribution in [3.8, 4) is 0 Å². The Morgan fingerprint density at radius 3 is 2.50 bits per heavy atom. The van der Waals surface area contributed by atoms with Crippen LogP contribution < -0.4 is 0 Å². The molecule has 0 aliphatic rings. The zero-order valence-electron chi connectivity index (χ0n) is 13.2. The summed E-state index contributed by atoms with van der Waals surface area (Å²) < 4.78 is 13.5. The Hall–Kier alpha value is -2.37. The fourth-order valence-electron chi connectivity index (χ4n) is 2.69. The average Bonchev–Trinajstić information content (AvgIpc) is 2.51. The number of hydrogen-bond acceptors (Lipinski definition) is 0. The molecule has 0 unspecified atom stereocenters. The molecule has 0 fully saturated rings. The van der Waals surface area contributed by atoms with Crippen molar-refractivity contribution in [2.45, 2.75) is 26.7 Å². The molecule has 0 spiro atoms. The second-order valence-electron chi connectivity index (χ2n) is 5.32. The second-order valence-corrected chi connectivity index (χ2v) is 5.32. The Balaban J connectivity index is 2.75. The normalized spacial score (nSPS) is 11.6. The SMILES string of the molecule is C=C=C/C(CCC)=C(\c1ccccc1)c1ccc(F)cc1C. The van der Waals surface area contributed by atoms with E-state index in [1.165, 1.54) is 11.6 Å². The summed E-state index contributed by atoms with van der Waals surface area (Å²) in [6.45, 7) is 7.81. The molecule has 0 nitrogen and oxygen atoms in total. The number of allylic oxidation sites excluding steroid dienone is 2. The van der Waals surface area contributed by atoms with Crippen molar-refractivity contribution in [1.29, 1.82) is 0 Å². The first-order valence-corrected chi connectivity index (χ1v) is 7.58. The molecule has 1 heteroatoms. The van der Waals surface area contributed by atoms with Gasteiger partial charge in [-0.05, 0) is 59.4 Å². The first-order valence-electron chi connectivity index (χ1n) is 7.58. The smallest absolute Gasteiger partial charge is 0.123 e. The summed E-state index contributed by atoms with van der Waals surface area (Å²) in [6, 6.07) is 15.2. The van der Waals surface area contributed by atoms with Gasteiger partial charge in [-0.2, -0.15) is 0 Å². The number of aryl methyl sites for hydroxylation is 1. The first kappa shape index (κ1) is 16.0. The molecule has 0 atom stereocenters. The highest BCUT2D eigenvalue weighted by Gasteiger charge is 2.12. The summed E-state index contributed by atoms with van der Waals surface area (Å²) in [5.74, 6) is -0.204. The minimum atomic E-state index is -0.204. The topological polar surface area (TPSA) is 0 Å². The van der Waals surface area contributed by atoms with Crippen LogP contribution in [0.3, 0.4) is 0 Å². The van der Waals surface area contributed by atoms with E-state index in [-0.39, 0.29) is 5.82 Å². The average molecular weight is 292 g/mol. The summed E-state index contributed by atoms with van der Waals surface area (Å²) in [5, 5.41) is 0. The Morgan fingerprint density at radius 2 is 1.91 bits per heavy atom. The molecule has 0 aromatic heterocycles. The van der Waals surface area contributed by atoms with Crippen LogP contribution in [0.2, 0.25) is 0 Å². The third-order valence-electron chi connectivity index (χ3n) is 3.64. The lowest BCUT2D eigenvalue weighted by atomic mass is 9.88. The maximum absolute atomic E-state index is 13.5. The Labute approximate surface area is 132 Å². The van der Waals surface area contributed by atoms with E-state index in [1.54, 1.807) is 6.07 Å². The molecule has 2 aromatic rings. The Kier molecular flexibility index (Phi) is 5.52. The molecule has 0 bridgehead atoms. The van der Waals surface area contributed by atoms with Crippen LogP contribution in [0.25, 0.3) is 5.57 Å². The van der Waals surface area contributed by atoms with Crippen LogP contribution in [0.4, 0.5) is 4.39 Å². The van der Waals surface area contributed by atoms with Crippen LogP contribution in [0.5, 0.6) is 0 Å². The van der Waals surface area contributed by atoms with Crippen molar-refractivity contribution in [2.24, 2.45) is 0 Å². The van der Waals surface area contributed by atoms with Gasteiger partial charge in [0.15, 0.2) is 0 Å². The van der Waals surface area contributed by atoms with Crippen molar-refractivity contribution in [3.05, 3.63) is 95.0 Å². The van der Waals surface area contributed by atoms with Gasteiger partial charge >= 0.3 is 0 Å². The van der Waals surface area contributed by atoms with E-state index in [9.17, 15) is 4.39 Å². The van der Waals surface area contributed by atoms with Crippen LogP contribution in [0.1, 0.15) is 36.5 Å². The quantitative estimate of drug-likeness (QED) is 0.463. The summed E-state index contributed by atoms with van der Waals surface area (Å²) in [5.41, 5.74) is 8.34. The van der Waals surface area contributed by atoms with Crippen LogP contribution in [-0.2, 0) is 0 Å². The molecule has 2 rings (SSSR count). The standard InChI is InChI=1S/C21H21F/c1-4-9-17(10-5-2)21(18-11-7-6-8-12-18)20-14-13-19(22)15-16(20)3/h6-9,11-15H,1,5,10H2,2-3H3/b21-17-. The molecule has 0 aliphatic heterocycles. The van der Waals surface area contributed by atoms with Crippen LogP contribution in [-0.4, -0.2) is 0 Å². The first-order chi connectivity index (χ1) is 10.7. The van der Waals surface area contributed by atoms with Gasteiger partial charge in [-0.1, -0.05) is 56.3 Å². The molecular formula is C21H21F. The van der Waals surface area contributed by atoms with Gasteiger partial charge in [0.25, 0.3) is 0 Å². The minimum absolute atomic E-state index is 0.204. The summed E-state index contributed by atoms with van der Waals surface area (Å²) in [7, 11) is 0. The zero-order chi connectivity index (χ0) is 15.9. The molecular weight excluding hydrogens is 271 g/mol. The summed E-state index contributed by atoms with van der Waals surface area (Å²) >= 11 is 0. The number of halogens is 1. The lowest BCUT2D eigenvalue weighted by Gasteiger charge is -2.16. The van der Waals surface area contributed by atoms with E-state index in [4.69, 9.17) is 0 Å². The number of rotatable bonds is 5. The third-order valence-corrected chi connectivity index (χ3v) is 3.64. The maximum Gasteiger partial charge on any atom is 0.123 e.